The van der Waals surface area contributed by atoms with Crippen LogP contribution in [-0.4, -0.2) is 37.1 Å². The average molecular weight is 423 g/mol. The summed E-state index contributed by atoms with van der Waals surface area (Å²) in [6.07, 6.45) is 1.80. The summed E-state index contributed by atoms with van der Waals surface area (Å²) in [4.78, 5) is 23.2. The largest absolute Gasteiger partial charge is 0.331 e. The second-order valence-corrected chi connectivity index (χ2v) is 7.37. The number of carbonyl (C=O) groups is 1. The Bertz CT molecular complexity index is 1320. The van der Waals surface area contributed by atoms with E-state index < -0.39 is 17.5 Å². The first-order valence-electron chi connectivity index (χ1n) is 9.62. The maximum Gasteiger partial charge on any atom is 0.273 e. The van der Waals surface area contributed by atoms with E-state index in [0.29, 0.717) is 41.0 Å². The van der Waals surface area contributed by atoms with E-state index in [4.69, 9.17) is 0 Å². The van der Waals surface area contributed by atoms with Crippen LogP contribution in [0.15, 0.2) is 42.7 Å². The molecule has 1 amide bonds. The fourth-order valence-corrected chi connectivity index (χ4v) is 4.07. The van der Waals surface area contributed by atoms with Gasteiger partial charge in [0.1, 0.15) is 12.0 Å². The van der Waals surface area contributed by atoms with Crippen molar-refractivity contribution in [2.75, 3.05) is 6.54 Å². The number of amides is 1. The smallest absolute Gasteiger partial charge is 0.273 e. The Hall–Kier alpha value is -3.75. The van der Waals surface area contributed by atoms with E-state index in [1.54, 1.807) is 18.0 Å². The zero-order chi connectivity index (χ0) is 21.7. The third kappa shape index (κ3) is 3.13. The maximum atomic E-state index is 13.8. The number of hydrogen-bond acceptors (Lipinski definition) is 4. The number of aromatic nitrogens is 4. The predicted octanol–water partition coefficient (Wildman–Crippen LogP) is 3.65. The molecule has 4 aromatic rings. The van der Waals surface area contributed by atoms with E-state index in [0.717, 1.165) is 17.7 Å². The summed E-state index contributed by atoms with van der Waals surface area (Å²) in [7, 11) is 1.65. The minimum Gasteiger partial charge on any atom is -0.331 e. The van der Waals surface area contributed by atoms with Gasteiger partial charge in [-0.25, -0.2) is 23.1 Å². The maximum absolute atomic E-state index is 13.8. The van der Waals surface area contributed by atoms with Crippen LogP contribution < -0.4 is 0 Å². The van der Waals surface area contributed by atoms with Crippen LogP contribution in [0.4, 0.5) is 13.2 Å². The molecule has 0 bridgehead atoms. The fraction of sp³-hybridized carbons (Fsp3) is 0.182. The minimum absolute atomic E-state index is 0.203. The van der Waals surface area contributed by atoms with Crippen LogP contribution >= 0.6 is 0 Å². The molecular weight excluding hydrogens is 407 g/mol. The van der Waals surface area contributed by atoms with Crippen LogP contribution in [0.2, 0.25) is 0 Å². The van der Waals surface area contributed by atoms with Gasteiger partial charge < -0.3 is 4.90 Å². The first-order valence-corrected chi connectivity index (χ1v) is 9.62. The van der Waals surface area contributed by atoms with Crippen molar-refractivity contribution in [2.24, 2.45) is 7.05 Å². The van der Waals surface area contributed by atoms with E-state index in [1.165, 1.54) is 11.0 Å². The molecule has 6 nitrogen and oxygen atoms in total. The SMILES string of the molecule is Cn1nc2c(c1-c1cc(F)c(F)c(F)c1)CCN(C(=O)c1ncnc3ccccc13)C2. The summed E-state index contributed by atoms with van der Waals surface area (Å²) in [6, 6.07) is 9.19. The van der Waals surface area contributed by atoms with Crippen LogP contribution in [-0.2, 0) is 20.0 Å². The average Bonchev–Trinajstić information content (AvgIpc) is 3.11. The molecule has 5 rings (SSSR count). The van der Waals surface area contributed by atoms with Crippen LogP contribution in [0.5, 0.6) is 0 Å². The van der Waals surface area contributed by atoms with Crippen molar-refractivity contribution < 1.29 is 18.0 Å². The molecule has 2 aromatic heterocycles. The van der Waals surface area contributed by atoms with E-state index in [-0.39, 0.29) is 18.0 Å². The molecule has 0 aliphatic carbocycles. The topological polar surface area (TPSA) is 63.9 Å². The zero-order valence-corrected chi connectivity index (χ0v) is 16.4. The number of aryl methyl sites for hydroxylation is 1. The fourth-order valence-electron chi connectivity index (χ4n) is 4.07. The molecule has 1 aliphatic rings. The number of para-hydroxylation sites is 1. The van der Waals surface area contributed by atoms with Gasteiger partial charge in [-0.3, -0.25) is 9.48 Å². The zero-order valence-electron chi connectivity index (χ0n) is 16.4. The van der Waals surface area contributed by atoms with Gasteiger partial charge in [0.25, 0.3) is 5.91 Å². The molecule has 2 aromatic carbocycles. The van der Waals surface area contributed by atoms with Crippen molar-refractivity contribution in [3.8, 4) is 11.3 Å². The van der Waals surface area contributed by atoms with Gasteiger partial charge in [0.2, 0.25) is 0 Å². The van der Waals surface area contributed by atoms with Crippen molar-refractivity contribution in [3.63, 3.8) is 0 Å². The standard InChI is InChI=1S/C22H16F3N5O/c1-29-21(12-8-15(23)19(25)16(24)9-12)14-6-7-30(10-18(14)28-29)22(31)20-13-4-2-3-5-17(13)26-11-27-20/h2-5,8-9,11H,6-7,10H2,1H3. The summed E-state index contributed by atoms with van der Waals surface area (Å²) in [5.74, 6) is -4.26. The number of benzene rings is 2. The Morgan fingerprint density at radius 3 is 2.58 bits per heavy atom. The predicted molar refractivity (Wildman–Crippen MR) is 107 cm³/mol. The van der Waals surface area contributed by atoms with Gasteiger partial charge >= 0.3 is 0 Å². The highest BCUT2D eigenvalue weighted by Crippen LogP contribution is 2.32. The first-order chi connectivity index (χ1) is 14.9. The van der Waals surface area contributed by atoms with Crippen molar-refractivity contribution in [2.45, 2.75) is 13.0 Å². The lowest BCUT2D eigenvalue weighted by atomic mass is 9.99. The lowest BCUT2D eigenvalue weighted by Crippen LogP contribution is -2.36. The molecule has 0 N–H and O–H groups in total. The number of carbonyl (C=O) groups excluding carboxylic acids is 1. The number of rotatable bonds is 2. The third-order valence-corrected chi connectivity index (χ3v) is 5.49. The monoisotopic (exact) mass is 423 g/mol. The molecule has 0 radical (unpaired) electrons. The molecule has 0 spiro atoms. The lowest BCUT2D eigenvalue weighted by Gasteiger charge is -2.26. The third-order valence-electron chi connectivity index (χ3n) is 5.49. The number of nitrogens with zero attached hydrogens (tertiary/aromatic N) is 5. The highest BCUT2D eigenvalue weighted by molar-refractivity contribution is 6.04. The summed E-state index contributed by atoms with van der Waals surface area (Å²) in [6.45, 7) is 0.613. The number of halogens is 3. The van der Waals surface area contributed by atoms with E-state index >= 15 is 0 Å². The van der Waals surface area contributed by atoms with E-state index in [1.807, 2.05) is 18.2 Å². The van der Waals surface area contributed by atoms with E-state index in [2.05, 4.69) is 15.1 Å². The molecule has 1 aliphatic heterocycles. The molecule has 31 heavy (non-hydrogen) atoms. The van der Waals surface area contributed by atoms with Crippen molar-refractivity contribution in [1.82, 2.24) is 24.6 Å². The van der Waals surface area contributed by atoms with Crippen molar-refractivity contribution >= 4 is 16.8 Å². The Kier molecular flexibility index (Phi) is 4.46. The molecule has 0 saturated heterocycles. The highest BCUT2D eigenvalue weighted by Gasteiger charge is 2.29. The van der Waals surface area contributed by atoms with Gasteiger partial charge in [-0.1, -0.05) is 18.2 Å². The second-order valence-electron chi connectivity index (χ2n) is 7.37. The summed E-state index contributed by atoms with van der Waals surface area (Å²) < 4.78 is 42.4. The number of hydrogen-bond donors (Lipinski definition) is 0. The van der Waals surface area contributed by atoms with Crippen LogP contribution in [0.1, 0.15) is 21.7 Å². The molecule has 156 valence electrons. The van der Waals surface area contributed by atoms with Gasteiger partial charge in [0, 0.05) is 30.1 Å². The van der Waals surface area contributed by atoms with Gasteiger partial charge in [0.05, 0.1) is 23.4 Å². The van der Waals surface area contributed by atoms with Crippen molar-refractivity contribution in [1.29, 1.82) is 0 Å². The summed E-state index contributed by atoms with van der Waals surface area (Å²) in [5.41, 5.74) is 3.11. The summed E-state index contributed by atoms with van der Waals surface area (Å²) in [5, 5.41) is 5.12. The van der Waals surface area contributed by atoms with E-state index in [9.17, 15) is 18.0 Å². The molecule has 0 unspecified atom stereocenters. The molecule has 3 heterocycles. The summed E-state index contributed by atoms with van der Waals surface area (Å²) >= 11 is 0. The molecular formula is C22H16F3N5O. The van der Waals surface area contributed by atoms with Crippen LogP contribution in [0, 0.1) is 17.5 Å². The Morgan fingerprint density at radius 2 is 1.81 bits per heavy atom. The Labute approximate surface area is 175 Å². The highest BCUT2D eigenvalue weighted by atomic mass is 19.2. The van der Waals surface area contributed by atoms with Crippen LogP contribution in [0.3, 0.4) is 0 Å². The Morgan fingerprint density at radius 1 is 1.06 bits per heavy atom. The van der Waals surface area contributed by atoms with Crippen LogP contribution in [0.25, 0.3) is 22.2 Å². The Balaban J connectivity index is 1.50. The first kappa shape index (κ1) is 19.2. The molecule has 0 atom stereocenters. The normalized spacial score (nSPS) is 13.5. The molecule has 0 saturated carbocycles. The second kappa shape index (κ2) is 7.19. The van der Waals surface area contributed by atoms with Gasteiger partial charge in [-0.05, 0) is 24.6 Å². The number of fused-ring (bicyclic) bond motifs is 2. The quantitative estimate of drug-likeness (QED) is 0.462. The van der Waals surface area contributed by atoms with Gasteiger partial charge in [-0.15, -0.1) is 0 Å². The molecule has 9 heteroatoms. The minimum atomic E-state index is -1.51. The molecule has 0 fully saturated rings. The van der Waals surface area contributed by atoms with Crippen molar-refractivity contribution in [3.05, 3.63) is 77.1 Å². The van der Waals surface area contributed by atoms with Gasteiger partial charge in [0.15, 0.2) is 17.5 Å². The lowest BCUT2D eigenvalue weighted by molar-refractivity contribution is 0.0728. The van der Waals surface area contributed by atoms with Gasteiger partial charge in [-0.2, -0.15) is 5.10 Å².